The molecule has 0 spiro atoms. The average molecular weight is 416 g/mol. The maximum Gasteiger partial charge on any atom is 0.295 e. The topological polar surface area (TPSA) is 70.2 Å². The molecule has 0 aliphatic heterocycles. The number of amides is 1. The number of benzene rings is 2. The number of nitrogens with one attached hydrogen (secondary N) is 2. The Bertz CT molecular complexity index is 986. The summed E-state index contributed by atoms with van der Waals surface area (Å²) in [6.45, 7) is 7.86. The molecule has 0 unspecified atom stereocenters. The minimum absolute atomic E-state index is 0.295. The highest BCUT2D eigenvalue weighted by molar-refractivity contribution is 5.97. The molecule has 1 heterocycles. The summed E-state index contributed by atoms with van der Waals surface area (Å²) in [5.74, 6) is 0.0249. The van der Waals surface area contributed by atoms with Gasteiger partial charge in [0, 0.05) is 24.2 Å². The summed E-state index contributed by atoms with van der Waals surface area (Å²) in [6.07, 6.45) is -2.69. The fourth-order valence-electron chi connectivity index (χ4n) is 3.17. The lowest BCUT2D eigenvalue weighted by atomic mass is 10.1. The van der Waals surface area contributed by atoms with E-state index in [-0.39, 0.29) is 5.91 Å². The summed E-state index contributed by atoms with van der Waals surface area (Å²) in [6, 6.07) is 12.2. The number of para-hydroxylation sites is 1. The predicted molar refractivity (Wildman–Crippen MR) is 112 cm³/mol. The molecule has 160 valence electrons. The van der Waals surface area contributed by atoms with Gasteiger partial charge in [-0.1, -0.05) is 32.0 Å². The van der Waals surface area contributed by atoms with E-state index in [0.29, 0.717) is 29.7 Å². The molecule has 1 amide bonds. The first-order valence-corrected chi connectivity index (χ1v) is 10.0. The number of halogens is 2. The lowest BCUT2D eigenvalue weighted by Crippen LogP contribution is -2.28. The van der Waals surface area contributed by atoms with Crippen LogP contribution in [0.25, 0.3) is 11.0 Å². The number of carbonyl (C=O) groups excluding carboxylic acids is 1. The van der Waals surface area contributed by atoms with Gasteiger partial charge in [0.1, 0.15) is 12.4 Å². The third kappa shape index (κ3) is 5.33. The van der Waals surface area contributed by atoms with Crippen LogP contribution in [-0.2, 0) is 6.54 Å². The number of hydrogen-bond donors (Lipinski definition) is 2. The van der Waals surface area contributed by atoms with Crippen LogP contribution in [0.3, 0.4) is 0 Å². The molecule has 8 heteroatoms. The lowest BCUT2D eigenvalue weighted by molar-refractivity contribution is 0.0950. The van der Waals surface area contributed by atoms with E-state index >= 15 is 0 Å². The van der Waals surface area contributed by atoms with Gasteiger partial charge in [-0.05, 0) is 37.4 Å². The summed E-state index contributed by atoms with van der Waals surface area (Å²) in [5.41, 5.74) is 2.03. The molecule has 3 aromatic rings. The fraction of sp³-hybridized carbons (Fsp3) is 0.364. The van der Waals surface area contributed by atoms with E-state index in [1.807, 2.05) is 24.3 Å². The maximum atomic E-state index is 12.8. The molecular formula is C22H26F2N4O2. The second-order valence-electron chi connectivity index (χ2n) is 6.82. The number of carbonyl (C=O) groups is 1. The molecule has 3 rings (SSSR count). The Labute approximate surface area is 174 Å². The van der Waals surface area contributed by atoms with Crippen molar-refractivity contribution in [2.24, 2.45) is 0 Å². The van der Waals surface area contributed by atoms with E-state index in [2.05, 4.69) is 34.0 Å². The van der Waals surface area contributed by atoms with Gasteiger partial charge in [0.15, 0.2) is 5.82 Å². The molecule has 0 saturated heterocycles. The highest BCUT2D eigenvalue weighted by Gasteiger charge is 2.14. The fourth-order valence-corrected chi connectivity index (χ4v) is 3.17. The SMILES string of the molecule is CCN(CC)CCOc1ccccc1CNC(=O)c1ccc2nc(C(F)F)[nH]c2c1. The number of alkyl halides is 2. The van der Waals surface area contributed by atoms with Crippen molar-refractivity contribution >= 4 is 16.9 Å². The third-order valence-corrected chi connectivity index (χ3v) is 4.94. The number of ether oxygens (including phenoxy) is 1. The van der Waals surface area contributed by atoms with Crippen molar-refractivity contribution in [1.29, 1.82) is 0 Å². The summed E-state index contributed by atoms with van der Waals surface area (Å²) >= 11 is 0. The number of aromatic nitrogens is 2. The quantitative estimate of drug-likeness (QED) is 0.521. The Balaban J connectivity index is 1.62. The van der Waals surface area contributed by atoms with E-state index in [0.717, 1.165) is 30.9 Å². The van der Waals surface area contributed by atoms with Gasteiger partial charge < -0.3 is 19.9 Å². The zero-order valence-electron chi connectivity index (χ0n) is 17.1. The number of nitrogens with zero attached hydrogens (tertiary/aromatic N) is 2. The minimum atomic E-state index is -2.69. The third-order valence-electron chi connectivity index (χ3n) is 4.94. The van der Waals surface area contributed by atoms with Crippen LogP contribution in [0.15, 0.2) is 42.5 Å². The molecule has 0 aliphatic carbocycles. The number of fused-ring (bicyclic) bond motifs is 1. The number of H-pyrrole nitrogens is 1. The van der Waals surface area contributed by atoms with E-state index in [1.165, 1.54) is 6.07 Å². The van der Waals surface area contributed by atoms with Gasteiger partial charge in [0.2, 0.25) is 0 Å². The maximum absolute atomic E-state index is 12.8. The molecule has 0 aliphatic rings. The van der Waals surface area contributed by atoms with E-state index in [4.69, 9.17) is 4.74 Å². The Morgan fingerprint density at radius 2 is 1.97 bits per heavy atom. The molecule has 0 saturated carbocycles. The van der Waals surface area contributed by atoms with E-state index in [9.17, 15) is 13.6 Å². The lowest BCUT2D eigenvalue weighted by Gasteiger charge is -2.19. The van der Waals surface area contributed by atoms with Crippen molar-refractivity contribution in [3.8, 4) is 5.75 Å². The van der Waals surface area contributed by atoms with Crippen molar-refractivity contribution in [2.45, 2.75) is 26.8 Å². The van der Waals surface area contributed by atoms with Crippen LogP contribution in [0.2, 0.25) is 0 Å². The van der Waals surface area contributed by atoms with Gasteiger partial charge in [-0.2, -0.15) is 0 Å². The number of likely N-dealkylation sites (N-methyl/N-ethyl adjacent to an activating group) is 1. The molecule has 2 aromatic carbocycles. The first kappa shape index (κ1) is 21.7. The molecule has 30 heavy (non-hydrogen) atoms. The number of aromatic amines is 1. The Morgan fingerprint density at radius 1 is 1.20 bits per heavy atom. The molecular weight excluding hydrogens is 390 g/mol. The van der Waals surface area contributed by atoms with Gasteiger partial charge >= 0.3 is 0 Å². The molecule has 0 fully saturated rings. The summed E-state index contributed by atoms with van der Waals surface area (Å²) in [7, 11) is 0. The predicted octanol–water partition coefficient (Wildman–Crippen LogP) is 4.15. The first-order chi connectivity index (χ1) is 14.5. The zero-order chi connectivity index (χ0) is 21.5. The first-order valence-electron chi connectivity index (χ1n) is 10.0. The molecule has 2 N–H and O–H groups in total. The second-order valence-corrected chi connectivity index (χ2v) is 6.82. The Kier molecular flexibility index (Phi) is 7.35. The van der Waals surface area contributed by atoms with Crippen LogP contribution in [-0.4, -0.2) is 47.0 Å². The zero-order valence-corrected chi connectivity index (χ0v) is 17.1. The molecule has 6 nitrogen and oxygen atoms in total. The molecule has 0 radical (unpaired) electrons. The van der Waals surface area contributed by atoms with Gasteiger partial charge in [-0.15, -0.1) is 0 Å². The van der Waals surface area contributed by atoms with Crippen LogP contribution in [0, 0.1) is 0 Å². The largest absolute Gasteiger partial charge is 0.492 e. The highest BCUT2D eigenvalue weighted by atomic mass is 19.3. The van der Waals surface area contributed by atoms with Gasteiger partial charge in [-0.25, -0.2) is 13.8 Å². The van der Waals surface area contributed by atoms with Gasteiger partial charge in [-0.3, -0.25) is 4.79 Å². The standard InChI is InChI=1S/C22H26F2N4O2/c1-3-28(4-2)11-12-30-19-8-6-5-7-16(19)14-25-22(29)15-9-10-17-18(13-15)27-21(26-17)20(23)24/h5-10,13,20H,3-4,11-12,14H2,1-2H3,(H,25,29)(H,26,27). The van der Waals surface area contributed by atoms with Crippen molar-refractivity contribution in [3.05, 3.63) is 59.4 Å². The van der Waals surface area contributed by atoms with E-state index in [1.54, 1.807) is 12.1 Å². The Morgan fingerprint density at radius 3 is 2.70 bits per heavy atom. The van der Waals surface area contributed by atoms with Crippen molar-refractivity contribution in [3.63, 3.8) is 0 Å². The van der Waals surface area contributed by atoms with Crippen LogP contribution >= 0.6 is 0 Å². The summed E-state index contributed by atoms with van der Waals surface area (Å²) in [5, 5.41) is 2.86. The van der Waals surface area contributed by atoms with Crippen LogP contribution in [0.1, 0.15) is 42.0 Å². The van der Waals surface area contributed by atoms with Crippen molar-refractivity contribution in [1.82, 2.24) is 20.2 Å². The molecule has 0 atom stereocenters. The van der Waals surface area contributed by atoms with Crippen LogP contribution < -0.4 is 10.1 Å². The van der Waals surface area contributed by atoms with Crippen LogP contribution in [0.4, 0.5) is 8.78 Å². The second kappa shape index (κ2) is 10.2. The molecule has 1 aromatic heterocycles. The minimum Gasteiger partial charge on any atom is -0.492 e. The normalized spacial score (nSPS) is 11.4. The number of rotatable bonds is 10. The Hall–Kier alpha value is -3.00. The van der Waals surface area contributed by atoms with Crippen molar-refractivity contribution in [2.75, 3.05) is 26.2 Å². The monoisotopic (exact) mass is 416 g/mol. The highest BCUT2D eigenvalue weighted by Crippen LogP contribution is 2.21. The van der Waals surface area contributed by atoms with E-state index < -0.39 is 12.2 Å². The summed E-state index contributed by atoms with van der Waals surface area (Å²) in [4.78, 5) is 21.2. The van der Waals surface area contributed by atoms with Gasteiger partial charge in [0.25, 0.3) is 12.3 Å². The van der Waals surface area contributed by atoms with Gasteiger partial charge in [0.05, 0.1) is 11.0 Å². The summed E-state index contributed by atoms with van der Waals surface area (Å²) < 4.78 is 31.5. The number of imidazole rings is 1. The number of hydrogen-bond acceptors (Lipinski definition) is 4. The average Bonchev–Trinajstić information content (AvgIpc) is 3.19. The smallest absolute Gasteiger partial charge is 0.295 e. The van der Waals surface area contributed by atoms with Crippen LogP contribution in [0.5, 0.6) is 5.75 Å². The molecule has 0 bridgehead atoms. The van der Waals surface area contributed by atoms with Crippen molar-refractivity contribution < 1.29 is 18.3 Å².